The van der Waals surface area contributed by atoms with E-state index in [1.54, 1.807) is 24.3 Å². The number of anilines is 1. The van der Waals surface area contributed by atoms with Gasteiger partial charge in [-0.15, -0.1) is 0 Å². The van der Waals surface area contributed by atoms with Gasteiger partial charge < -0.3 is 108 Å². The minimum Gasteiger partial charge on any atom is -0.508 e. The van der Waals surface area contributed by atoms with E-state index >= 15 is 0 Å². The van der Waals surface area contributed by atoms with Crippen LogP contribution in [0.3, 0.4) is 0 Å². The van der Waals surface area contributed by atoms with E-state index in [0.29, 0.717) is 16.9 Å². The molecule has 16 atom stereocenters. The van der Waals surface area contributed by atoms with Gasteiger partial charge in [-0.3, -0.25) is 19.3 Å². The predicted octanol–water partition coefficient (Wildman–Crippen LogP) is -0.620. The molecule has 0 bridgehead atoms. The van der Waals surface area contributed by atoms with Crippen molar-refractivity contribution in [2.45, 2.75) is 104 Å². The topological polar surface area (TPSA) is 399 Å². The van der Waals surface area contributed by atoms with Crippen LogP contribution in [0, 0.1) is 0 Å². The van der Waals surface area contributed by atoms with E-state index in [1.807, 2.05) is 0 Å². The third-order valence-corrected chi connectivity index (χ3v) is 14.8. The molecule has 1 amide bonds. The molecule has 9 rings (SSSR count). The largest absolute Gasteiger partial charge is 0.508 e. The highest BCUT2D eigenvalue weighted by Gasteiger charge is 2.54. The number of phenolic OH excluding ortho intramolecular Hbond substituents is 2. The average Bonchev–Trinajstić information content (AvgIpc) is 3.47. The maximum absolute atomic E-state index is 14.2. The molecular formula is C56H61NO26. The molecule has 5 heterocycles. The number of phenols is 2. The third-order valence-electron chi connectivity index (χ3n) is 14.8. The van der Waals surface area contributed by atoms with Crippen molar-refractivity contribution in [3.8, 4) is 45.8 Å². The van der Waals surface area contributed by atoms with Gasteiger partial charge in [0.25, 0.3) is 0 Å². The second-order valence-electron chi connectivity index (χ2n) is 19.8. The Hall–Kier alpha value is -7.48. The number of para-hydroxylation sites is 1. The van der Waals surface area contributed by atoms with Crippen LogP contribution in [0.1, 0.15) is 35.1 Å². The van der Waals surface area contributed by atoms with E-state index < -0.39 is 164 Å². The molecule has 3 saturated heterocycles. The van der Waals surface area contributed by atoms with E-state index in [2.05, 4.69) is 0 Å². The second kappa shape index (κ2) is 25.2. The molecule has 4 aromatic carbocycles. The molecule has 446 valence electrons. The number of methoxy groups -OCH3 is 4. The second-order valence-corrected chi connectivity index (χ2v) is 19.8. The van der Waals surface area contributed by atoms with Crippen LogP contribution in [0.2, 0.25) is 0 Å². The number of aliphatic hydroxyl groups excluding tert-OH is 9. The lowest BCUT2D eigenvalue weighted by atomic mass is 9.89. The summed E-state index contributed by atoms with van der Waals surface area (Å²) in [6.07, 6.45) is -26.6. The van der Waals surface area contributed by atoms with Crippen molar-refractivity contribution < 1.29 is 122 Å². The number of nitrogens with zero attached hydrogens (tertiary/aromatic N) is 1. The van der Waals surface area contributed by atoms with Gasteiger partial charge in [0.05, 0.1) is 58.6 Å². The first-order chi connectivity index (χ1) is 39.7. The Morgan fingerprint density at radius 3 is 1.95 bits per heavy atom. The van der Waals surface area contributed by atoms with Gasteiger partial charge in [-0.2, -0.15) is 0 Å². The minimum atomic E-state index is -2.18. The maximum Gasteiger partial charge on any atom is 0.330 e. The molecule has 83 heavy (non-hydrogen) atoms. The molecule has 1 unspecified atom stereocenters. The lowest BCUT2D eigenvalue weighted by Gasteiger charge is -2.46. The van der Waals surface area contributed by atoms with E-state index in [9.17, 15) is 75.3 Å². The number of esters is 2. The molecule has 1 aromatic heterocycles. The number of aliphatic hydroxyl groups is 9. The normalized spacial score (nSPS) is 29.8. The molecule has 27 nitrogen and oxygen atoms in total. The van der Waals surface area contributed by atoms with Crippen molar-refractivity contribution >= 4 is 40.6 Å². The van der Waals surface area contributed by atoms with Gasteiger partial charge >= 0.3 is 11.9 Å². The molecule has 0 saturated carbocycles. The number of hydrogen-bond acceptors (Lipinski definition) is 26. The summed E-state index contributed by atoms with van der Waals surface area (Å²) in [5.41, 5.74) is -0.272. The van der Waals surface area contributed by atoms with Crippen molar-refractivity contribution in [2.75, 3.05) is 53.2 Å². The van der Waals surface area contributed by atoms with Crippen LogP contribution >= 0.6 is 0 Å². The summed E-state index contributed by atoms with van der Waals surface area (Å²) < 4.78 is 62.6. The molecule has 3 fully saturated rings. The standard InChI is InChI=1S/C56H61NO26/c1-73-31-19-32-40(29(60)18-30(79-32)24-10-12-25(59)13-11-24)45(66)41(31)52-53(83-56-50(71)47(68)43(64)37(82-56)22-77-38(61)14-9-23-15-33(74-2)51(76-4)34(16-23)75-3)48(69)44(65)36(80-52)21-78-39(62)17-27-26-7-5-6-8-28(26)57(54(27)72)55-49(70)46(67)42(63)35(20-58)81-55/h5-16,18-19,27,35-37,42-44,46-50,52-53,55-56,58-59,63-71H,17,20-22H2,1-4H3/b14-9+/t27?,35-,36-,37-,42-,43-,44-,46+,47+,48+,49-,50-,52+,53-,55-,56+/m1/s1. The van der Waals surface area contributed by atoms with Gasteiger partial charge in [0.1, 0.15) is 127 Å². The summed E-state index contributed by atoms with van der Waals surface area (Å²) in [5.74, 6) is -4.49. The summed E-state index contributed by atoms with van der Waals surface area (Å²) in [6.45, 7) is -2.44. The molecule has 4 aliphatic heterocycles. The van der Waals surface area contributed by atoms with Crippen LogP contribution < -0.4 is 29.3 Å². The smallest absolute Gasteiger partial charge is 0.330 e. The van der Waals surface area contributed by atoms with Crippen molar-refractivity contribution in [3.05, 3.63) is 106 Å². The fraction of sp³-hybridized carbons (Fsp3) is 0.429. The monoisotopic (exact) mass is 1160 g/mol. The van der Waals surface area contributed by atoms with Crippen LogP contribution in [0.15, 0.2) is 88.1 Å². The lowest BCUT2D eigenvalue weighted by molar-refractivity contribution is -0.342. The van der Waals surface area contributed by atoms with Gasteiger partial charge in [-0.1, -0.05) is 18.2 Å². The van der Waals surface area contributed by atoms with Crippen LogP contribution in [0.25, 0.3) is 28.4 Å². The van der Waals surface area contributed by atoms with Crippen molar-refractivity contribution in [1.29, 1.82) is 0 Å². The summed E-state index contributed by atoms with van der Waals surface area (Å²) in [7, 11) is 5.38. The first-order valence-corrected chi connectivity index (χ1v) is 25.8. The van der Waals surface area contributed by atoms with Crippen LogP contribution in [0.5, 0.6) is 34.5 Å². The van der Waals surface area contributed by atoms with Crippen molar-refractivity contribution in [1.82, 2.24) is 0 Å². The minimum absolute atomic E-state index is 0.00986. The summed E-state index contributed by atoms with van der Waals surface area (Å²) in [5, 5.41) is 121. The number of carbonyl (C=O) groups excluding carboxylic acids is 3. The van der Waals surface area contributed by atoms with Gasteiger partial charge in [0.2, 0.25) is 11.7 Å². The quantitative estimate of drug-likeness (QED) is 0.0385. The van der Waals surface area contributed by atoms with Crippen LogP contribution in [-0.4, -0.2) is 208 Å². The first-order valence-electron chi connectivity index (χ1n) is 25.8. The Morgan fingerprint density at radius 1 is 0.663 bits per heavy atom. The van der Waals surface area contributed by atoms with E-state index in [-0.39, 0.29) is 45.6 Å². The number of ether oxygens (including phenoxy) is 10. The van der Waals surface area contributed by atoms with Gasteiger partial charge in [-0.05, 0) is 59.7 Å². The Bertz CT molecular complexity index is 3230. The average molecular weight is 1160 g/mol. The lowest BCUT2D eigenvalue weighted by Crippen LogP contribution is -2.64. The summed E-state index contributed by atoms with van der Waals surface area (Å²) in [6, 6.07) is 17.1. The summed E-state index contributed by atoms with van der Waals surface area (Å²) >= 11 is 0. The number of amides is 1. The third kappa shape index (κ3) is 11.8. The van der Waals surface area contributed by atoms with Gasteiger partial charge in [-0.25, -0.2) is 4.79 Å². The highest BCUT2D eigenvalue weighted by Crippen LogP contribution is 2.48. The van der Waals surface area contributed by atoms with Crippen molar-refractivity contribution in [2.24, 2.45) is 0 Å². The zero-order valence-electron chi connectivity index (χ0n) is 44.6. The highest BCUT2D eigenvalue weighted by molar-refractivity contribution is 6.07. The van der Waals surface area contributed by atoms with Gasteiger partial charge in [0, 0.05) is 23.8 Å². The predicted molar refractivity (Wildman–Crippen MR) is 281 cm³/mol. The SMILES string of the molecule is COc1cc(/C=C/C(=O)OC[C@H]2O[C@@H](O[C@@H]3[C@@H](O)[C@H](O)[C@@H](COC(=O)CC4C(=O)N([C@@H]5O[C@H](CO)[C@@H](O)[C@H](O)[C@H]5O)c5ccccc54)O[C@H]3c3c(OC)cc4oc(-c5ccc(O)cc5)cc(=O)c4c3O)[C@H](O)[C@@H](O)[C@@H]2O)cc(OC)c1OC. The van der Waals surface area contributed by atoms with E-state index in [4.69, 9.17) is 51.8 Å². The Balaban J connectivity index is 0.982. The number of hydrogen-bond donors (Lipinski definition) is 11. The molecule has 0 spiro atoms. The maximum atomic E-state index is 14.2. The zero-order chi connectivity index (χ0) is 59.7. The zero-order valence-corrected chi connectivity index (χ0v) is 44.6. The Kier molecular flexibility index (Phi) is 18.2. The number of carbonyl (C=O) groups is 3. The van der Waals surface area contributed by atoms with E-state index in [0.717, 1.165) is 24.2 Å². The molecule has 0 radical (unpaired) electrons. The number of benzene rings is 4. The molecule has 0 aliphatic carbocycles. The highest BCUT2D eigenvalue weighted by atomic mass is 16.7. The first kappa shape index (κ1) is 60.1. The van der Waals surface area contributed by atoms with Crippen LogP contribution in [-0.2, 0) is 42.8 Å². The molecule has 4 aliphatic rings. The summed E-state index contributed by atoms with van der Waals surface area (Å²) in [4.78, 5) is 55.9. The van der Waals surface area contributed by atoms with Crippen LogP contribution in [0.4, 0.5) is 5.69 Å². The van der Waals surface area contributed by atoms with E-state index in [1.165, 1.54) is 69.9 Å². The molecular weight excluding hydrogens is 1100 g/mol. The molecule has 11 N–H and O–H groups in total. The number of rotatable bonds is 18. The Morgan fingerprint density at radius 2 is 1.29 bits per heavy atom. The Labute approximate surface area is 470 Å². The van der Waals surface area contributed by atoms with Gasteiger partial charge in [0.15, 0.2) is 29.4 Å². The van der Waals surface area contributed by atoms with Crippen molar-refractivity contribution in [3.63, 3.8) is 0 Å². The number of aromatic hydroxyl groups is 2. The fourth-order valence-electron chi connectivity index (χ4n) is 10.4. The molecule has 27 heteroatoms. The fourth-order valence-corrected chi connectivity index (χ4v) is 10.4. The molecule has 5 aromatic rings. The number of fused-ring (bicyclic) bond motifs is 2.